The highest BCUT2D eigenvalue weighted by Crippen LogP contribution is 2.46. The van der Waals surface area contributed by atoms with Crippen LogP contribution in [0.2, 0.25) is 0 Å². The first-order valence-electron chi connectivity index (χ1n) is 15.9. The smallest absolute Gasteiger partial charge is 0.318 e. The van der Waals surface area contributed by atoms with Gasteiger partial charge >= 0.3 is 6.01 Å². The van der Waals surface area contributed by atoms with Crippen LogP contribution in [0.3, 0.4) is 0 Å². The summed E-state index contributed by atoms with van der Waals surface area (Å²) in [6.07, 6.45) is 4.23. The van der Waals surface area contributed by atoms with Crippen molar-refractivity contribution < 1.29 is 4.74 Å². The number of fused-ring (bicyclic) bond motifs is 2. The molecule has 1 saturated carbocycles. The molecule has 3 aliphatic rings. The number of hydrogen-bond donors (Lipinski definition) is 1. The predicted octanol–water partition coefficient (Wildman–Crippen LogP) is 3.89. The van der Waals surface area contributed by atoms with Gasteiger partial charge in [-0.3, -0.25) is 4.79 Å². The molecule has 1 aliphatic carbocycles. The zero-order valence-corrected chi connectivity index (χ0v) is 26.1. The summed E-state index contributed by atoms with van der Waals surface area (Å²) >= 11 is 0. The second kappa shape index (κ2) is 11.7. The molecule has 1 N–H and O–H groups in total. The van der Waals surface area contributed by atoms with Crippen LogP contribution in [0.5, 0.6) is 6.01 Å². The van der Waals surface area contributed by atoms with E-state index >= 15 is 0 Å². The Morgan fingerprint density at radius 3 is 2.41 bits per heavy atom. The summed E-state index contributed by atoms with van der Waals surface area (Å²) in [4.78, 5) is 31.0. The Morgan fingerprint density at radius 2 is 1.70 bits per heavy atom. The molecule has 0 bridgehead atoms. The van der Waals surface area contributed by atoms with Gasteiger partial charge in [0.05, 0.1) is 18.8 Å². The first-order chi connectivity index (χ1) is 21.4. The predicted molar refractivity (Wildman–Crippen MR) is 175 cm³/mol. The zero-order valence-electron chi connectivity index (χ0n) is 26.1. The molecule has 4 aromatic rings. The molecule has 0 spiro atoms. The molecule has 0 atom stereocenters. The first kappa shape index (κ1) is 28.6. The number of nitrogens with zero attached hydrogens (tertiary/aromatic N) is 7. The van der Waals surface area contributed by atoms with Crippen LogP contribution in [0, 0.1) is 5.41 Å². The summed E-state index contributed by atoms with van der Waals surface area (Å²) in [5.74, 6) is 1.80. The fraction of sp³-hybridized carbons (Fsp3) is 0.471. The maximum Gasteiger partial charge on any atom is 0.318 e. The Labute approximate surface area is 258 Å². The van der Waals surface area contributed by atoms with Gasteiger partial charge in [0.15, 0.2) is 0 Å². The van der Waals surface area contributed by atoms with Gasteiger partial charge in [-0.05, 0) is 62.9 Å². The molecule has 230 valence electrons. The second-order valence-corrected chi connectivity index (χ2v) is 12.9. The van der Waals surface area contributed by atoms with Crippen molar-refractivity contribution in [2.24, 2.45) is 5.41 Å². The average molecular weight is 595 g/mol. The van der Waals surface area contributed by atoms with Gasteiger partial charge in [0.25, 0.3) is 5.56 Å². The standard InChI is InChI=1S/C34H42N8O2/c1-4-24-7-5-8-25-9-6-10-28(31(24)25)42-16-13-26-27(21-42)35-33(44-23-34(14-15-34)22-39(2)3)36-32(26)41-19-17-40(18-20-41)29-11-12-30(43)38-37-29/h5-12H,4,13-23H2,1-3H3,(H,38,43). The van der Waals surface area contributed by atoms with Gasteiger partial charge < -0.3 is 24.3 Å². The highest BCUT2D eigenvalue weighted by Gasteiger charge is 2.44. The lowest BCUT2D eigenvalue weighted by atomic mass is 9.98. The normalized spacial score (nSPS) is 17.7. The number of anilines is 3. The quantitative estimate of drug-likeness (QED) is 0.310. The summed E-state index contributed by atoms with van der Waals surface area (Å²) in [5, 5.41) is 9.43. The van der Waals surface area contributed by atoms with E-state index < -0.39 is 0 Å². The van der Waals surface area contributed by atoms with Crippen LogP contribution in [0.25, 0.3) is 10.8 Å². The molecule has 0 radical (unpaired) electrons. The number of H-pyrrole nitrogens is 1. The third-order valence-electron chi connectivity index (χ3n) is 9.40. The van der Waals surface area contributed by atoms with E-state index in [1.807, 2.05) is 0 Å². The first-order valence-corrected chi connectivity index (χ1v) is 15.9. The number of aromatic amines is 1. The van der Waals surface area contributed by atoms with E-state index in [9.17, 15) is 4.79 Å². The van der Waals surface area contributed by atoms with E-state index in [1.165, 1.54) is 46.5 Å². The molecule has 10 heteroatoms. The number of benzene rings is 2. The summed E-state index contributed by atoms with van der Waals surface area (Å²) < 4.78 is 6.43. The maximum absolute atomic E-state index is 11.5. The van der Waals surface area contributed by atoms with Gasteiger partial charge in [-0.15, -0.1) is 0 Å². The Kier molecular flexibility index (Phi) is 7.62. The van der Waals surface area contributed by atoms with Gasteiger partial charge in [-0.2, -0.15) is 15.1 Å². The minimum absolute atomic E-state index is 0.186. The van der Waals surface area contributed by atoms with Gasteiger partial charge in [0.1, 0.15) is 11.6 Å². The van der Waals surface area contributed by atoms with Crippen molar-refractivity contribution >= 4 is 28.1 Å². The molecular weight excluding hydrogens is 552 g/mol. The number of rotatable bonds is 9. The van der Waals surface area contributed by atoms with Crippen molar-refractivity contribution in [2.75, 3.05) is 74.7 Å². The van der Waals surface area contributed by atoms with Crippen LogP contribution < -0.4 is 25.0 Å². The Morgan fingerprint density at radius 1 is 0.932 bits per heavy atom. The number of aryl methyl sites for hydroxylation is 1. The van der Waals surface area contributed by atoms with Crippen LogP contribution in [0.4, 0.5) is 17.3 Å². The molecule has 10 nitrogen and oxygen atoms in total. The van der Waals surface area contributed by atoms with Gasteiger partial charge in [-0.1, -0.05) is 37.3 Å². The number of nitrogens with one attached hydrogen (secondary N) is 1. The molecule has 2 fully saturated rings. The highest BCUT2D eigenvalue weighted by molar-refractivity contribution is 5.97. The summed E-state index contributed by atoms with van der Waals surface area (Å²) in [5.41, 5.74) is 4.96. The fourth-order valence-electron chi connectivity index (χ4n) is 6.95. The summed E-state index contributed by atoms with van der Waals surface area (Å²) in [6.45, 7) is 8.72. The molecule has 4 heterocycles. The largest absolute Gasteiger partial charge is 0.463 e. The topological polar surface area (TPSA) is 93.7 Å². The molecule has 0 unspecified atom stereocenters. The lowest BCUT2D eigenvalue weighted by Gasteiger charge is -2.38. The maximum atomic E-state index is 11.5. The van der Waals surface area contributed by atoms with Crippen LogP contribution in [0.1, 0.15) is 36.6 Å². The van der Waals surface area contributed by atoms with E-state index in [1.54, 1.807) is 6.07 Å². The molecule has 1 saturated heterocycles. The fourth-order valence-corrected chi connectivity index (χ4v) is 6.95. The molecule has 2 aromatic heterocycles. The number of ether oxygens (including phenoxy) is 1. The van der Waals surface area contributed by atoms with Crippen molar-refractivity contribution in [1.29, 1.82) is 0 Å². The lowest BCUT2D eigenvalue weighted by molar-refractivity contribution is 0.182. The Bertz CT molecular complexity index is 1680. The number of piperazine rings is 1. The van der Waals surface area contributed by atoms with Gasteiger partial charge in [-0.25, -0.2) is 5.10 Å². The van der Waals surface area contributed by atoms with Crippen LogP contribution in [-0.4, -0.2) is 85.0 Å². The molecular formula is C34H42N8O2. The van der Waals surface area contributed by atoms with Gasteiger partial charge in [0.2, 0.25) is 0 Å². The van der Waals surface area contributed by atoms with E-state index in [2.05, 4.69) is 87.2 Å². The van der Waals surface area contributed by atoms with Crippen molar-refractivity contribution in [3.63, 3.8) is 0 Å². The van der Waals surface area contributed by atoms with E-state index in [0.717, 1.165) is 76.0 Å². The zero-order chi connectivity index (χ0) is 30.3. The van der Waals surface area contributed by atoms with Crippen molar-refractivity contribution in [3.8, 4) is 6.01 Å². The number of hydrogen-bond acceptors (Lipinski definition) is 9. The molecule has 7 rings (SSSR count). The third-order valence-corrected chi connectivity index (χ3v) is 9.40. The number of aromatic nitrogens is 4. The monoisotopic (exact) mass is 594 g/mol. The van der Waals surface area contributed by atoms with Crippen molar-refractivity contribution in [3.05, 3.63) is 75.7 Å². The average Bonchev–Trinajstić information content (AvgIpc) is 3.81. The van der Waals surface area contributed by atoms with Crippen molar-refractivity contribution in [1.82, 2.24) is 25.1 Å². The van der Waals surface area contributed by atoms with E-state index in [-0.39, 0.29) is 11.0 Å². The molecule has 2 aromatic carbocycles. The van der Waals surface area contributed by atoms with Gasteiger partial charge in [0, 0.05) is 67.4 Å². The Balaban J connectivity index is 1.18. The minimum Gasteiger partial charge on any atom is -0.463 e. The minimum atomic E-state index is -0.186. The third kappa shape index (κ3) is 5.70. The Hall–Kier alpha value is -4.18. The molecule has 0 amide bonds. The summed E-state index contributed by atoms with van der Waals surface area (Å²) in [6, 6.07) is 17.1. The van der Waals surface area contributed by atoms with E-state index in [4.69, 9.17) is 14.7 Å². The van der Waals surface area contributed by atoms with Crippen LogP contribution in [-0.2, 0) is 19.4 Å². The second-order valence-electron chi connectivity index (χ2n) is 12.9. The SMILES string of the molecule is CCc1cccc2cccc(N3CCc4c(nc(OCC5(CN(C)C)CC5)nc4N4CCN(c5ccc(=O)[nH]n5)CC4)C3)c12. The van der Waals surface area contributed by atoms with Crippen LogP contribution in [0.15, 0.2) is 53.3 Å². The highest BCUT2D eigenvalue weighted by atomic mass is 16.5. The van der Waals surface area contributed by atoms with Crippen molar-refractivity contribution in [2.45, 2.75) is 39.2 Å². The summed E-state index contributed by atoms with van der Waals surface area (Å²) in [7, 11) is 4.25. The lowest BCUT2D eigenvalue weighted by Crippen LogP contribution is -2.48. The van der Waals surface area contributed by atoms with E-state index in [0.29, 0.717) is 12.6 Å². The van der Waals surface area contributed by atoms with Crippen LogP contribution >= 0.6 is 0 Å². The molecule has 44 heavy (non-hydrogen) atoms. The molecule has 2 aliphatic heterocycles.